The Morgan fingerprint density at radius 3 is 2.56 bits per heavy atom. The smallest absolute Gasteiger partial charge is 0.293 e. The van der Waals surface area contributed by atoms with E-state index in [1.54, 1.807) is 24.3 Å². The number of rotatable bonds is 2. The molecule has 82 valence electrons. The molecule has 1 N–H and O–H groups in total. The van der Waals surface area contributed by atoms with Crippen molar-refractivity contribution in [2.75, 3.05) is 11.9 Å². The molecule has 0 saturated heterocycles. The van der Waals surface area contributed by atoms with Crippen LogP contribution in [0.2, 0.25) is 0 Å². The van der Waals surface area contributed by atoms with E-state index in [-0.39, 0.29) is 5.91 Å². The van der Waals surface area contributed by atoms with Crippen molar-refractivity contribution in [2.24, 2.45) is 0 Å². The Balaban J connectivity index is 2.22. The first-order valence-corrected chi connectivity index (χ1v) is 5.02. The van der Waals surface area contributed by atoms with E-state index in [0.717, 1.165) is 5.69 Å². The molecule has 1 heterocycles. The number of H-pyrrole nitrogens is 1. The van der Waals surface area contributed by atoms with Gasteiger partial charge in [-0.15, -0.1) is 0 Å². The molecule has 0 bridgehead atoms. The van der Waals surface area contributed by atoms with Gasteiger partial charge < -0.3 is 9.88 Å². The number of benzene rings is 1. The predicted molar refractivity (Wildman–Crippen MR) is 62.5 cm³/mol. The second-order valence-electron chi connectivity index (χ2n) is 3.64. The Morgan fingerprint density at radius 2 is 2.00 bits per heavy atom. The van der Waals surface area contributed by atoms with Crippen LogP contribution < -0.4 is 4.90 Å². The minimum Gasteiger partial charge on any atom is -0.341 e. The molecular formula is C12H13N3O. The second kappa shape index (κ2) is 4.18. The highest BCUT2D eigenvalue weighted by atomic mass is 16.2. The summed E-state index contributed by atoms with van der Waals surface area (Å²) in [5, 5.41) is 0. The maximum Gasteiger partial charge on any atom is 0.293 e. The molecule has 0 aliphatic heterocycles. The number of amides is 1. The highest BCUT2D eigenvalue weighted by molar-refractivity contribution is 6.03. The van der Waals surface area contributed by atoms with Gasteiger partial charge in [-0.2, -0.15) is 0 Å². The third-order valence-corrected chi connectivity index (χ3v) is 2.43. The molecule has 0 unspecified atom stereocenters. The van der Waals surface area contributed by atoms with Gasteiger partial charge in [0.15, 0.2) is 5.82 Å². The van der Waals surface area contributed by atoms with Crippen molar-refractivity contribution in [1.29, 1.82) is 0 Å². The predicted octanol–water partition coefficient (Wildman–Crippen LogP) is 1.99. The third-order valence-electron chi connectivity index (χ3n) is 2.43. The van der Waals surface area contributed by atoms with E-state index in [1.807, 2.05) is 31.2 Å². The number of nitrogens with zero attached hydrogens (tertiary/aromatic N) is 2. The Morgan fingerprint density at radius 1 is 1.31 bits per heavy atom. The maximum absolute atomic E-state index is 11.9. The van der Waals surface area contributed by atoms with Crippen molar-refractivity contribution < 1.29 is 4.79 Å². The van der Waals surface area contributed by atoms with E-state index in [0.29, 0.717) is 5.82 Å². The number of aromatic nitrogens is 2. The average molecular weight is 215 g/mol. The summed E-state index contributed by atoms with van der Waals surface area (Å²) in [4.78, 5) is 20.2. The van der Waals surface area contributed by atoms with Gasteiger partial charge in [0.1, 0.15) is 0 Å². The van der Waals surface area contributed by atoms with Crippen molar-refractivity contribution in [2.45, 2.75) is 6.92 Å². The zero-order chi connectivity index (χ0) is 11.5. The van der Waals surface area contributed by atoms with E-state index in [1.165, 1.54) is 5.56 Å². The molecule has 0 atom stereocenters. The van der Waals surface area contributed by atoms with E-state index in [4.69, 9.17) is 0 Å². The minimum absolute atomic E-state index is 0.145. The molecule has 2 rings (SSSR count). The largest absolute Gasteiger partial charge is 0.341 e. The summed E-state index contributed by atoms with van der Waals surface area (Å²) in [5.41, 5.74) is 2.02. The zero-order valence-electron chi connectivity index (χ0n) is 9.27. The molecule has 2 aromatic rings. The van der Waals surface area contributed by atoms with Gasteiger partial charge in [-0.25, -0.2) is 4.98 Å². The van der Waals surface area contributed by atoms with E-state index >= 15 is 0 Å². The average Bonchev–Trinajstić information content (AvgIpc) is 2.81. The molecule has 0 radical (unpaired) electrons. The molecular weight excluding hydrogens is 202 g/mol. The molecule has 4 nitrogen and oxygen atoms in total. The summed E-state index contributed by atoms with van der Waals surface area (Å²) in [6.07, 6.45) is 3.20. The fourth-order valence-corrected chi connectivity index (χ4v) is 1.43. The fraction of sp³-hybridized carbons (Fsp3) is 0.167. The monoisotopic (exact) mass is 215 g/mol. The van der Waals surface area contributed by atoms with Crippen molar-refractivity contribution >= 4 is 11.6 Å². The molecule has 16 heavy (non-hydrogen) atoms. The second-order valence-corrected chi connectivity index (χ2v) is 3.64. The van der Waals surface area contributed by atoms with Gasteiger partial charge in [-0.1, -0.05) is 17.7 Å². The number of carbonyl (C=O) groups is 1. The molecule has 4 heteroatoms. The van der Waals surface area contributed by atoms with Crippen molar-refractivity contribution in [3.05, 3.63) is 48.0 Å². The van der Waals surface area contributed by atoms with Crippen molar-refractivity contribution in [1.82, 2.24) is 9.97 Å². The van der Waals surface area contributed by atoms with E-state index < -0.39 is 0 Å². The third kappa shape index (κ3) is 1.95. The van der Waals surface area contributed by atoms with Gasteiger partial charge in [0.25, 0.3) is 5.91 Å². The highest BCUT2D eigenvalue weighted by Gasteiger charge is 2.14. The van der Waals surface area contributed by atoms with Crippen LogP contribution in [-0.2, 0) is 0 Å². The van der Waals surface area contributed by atoms with Crippen LogP contribution in [0, 0.1) is 6.92 Å². The number of aryl methyl sites for hydroxylation is 1. The lowest BCUT2D eigenvalue weighted by Crippen LogP contribution is -2.27. The topological polar surface area (TPSA) is 49.0 Å². The quantitative estimate of drug-likeness (QED) is 0.832. The van der Waals surface area contributed by atoms with Crippen LogP contribution in [0.4, 0.5) is 5.69 Å². The summed E-state index contributed by atoms with van der Waals surface area (Å²) in [7, 11) is 1.73. The van der Waals surface area contributed by atoms with Gasteiger partial charge in [0, 0.05) is 25.1 Å². The van der Waals surface area contributed by atoms with Crippen LogP contribution in [0.1, 0.15) is 16.2 Å². The SMILES string of the molecule is Cc1ccc(N(C)C(=O)c2ncc[nH]2)cc1. The Labute approximate surface area is 93.9 Å². The molecule has 0 spiro atoms. The summed E-state index contributed by atoms with van der Waals surface area (Å²) >= 11 is 0. The minimum atomic E-state index is -0.145. The molecule has 0 saturated carbocycles. The number of anilines is 1. The number of hydrogen-bond acceptors (Lipinski definition) is 2. The normalized spacial score (nSPS) is 10.1. The van der Waals surface area contributed by atoms with Crippen LogP contribution in [0.5, 0.6) is 0 Å². The zero-order valence-corrected chi connectivity index (χ0v) is 9.27. The summed E-state index contributed by atoms with van der Waals surface area (Å²) in [6.45, 7) is 2.01. The van der Waals surface area contributed by atoms with Crippen LogP contribution in [-0.4, -0.2) is 22.9 Å². The van der Waals surface area contributed by atoms with Crippen LogP contribution in [0.3, 0.4) is 0 Å². The van der Waals surface area contributed by atoms with Crippen LogP contribution in [0.25, 0.3) is 0 Å². The lowest BCUT2D eigenvalue weighted by molar-refractivity contribution is 0.0984. The van der Waals surface area contributed by atoms with Gasteiger partial charge in [-0.3, -0.25) is 4.79 Å². The first-order valence-electron chi connectivity index (χ1n) is 5.02. The Kier molecular flexibility index (Phi) is 2.72. The van der Waals surface area contributed by atoms with Crippen LogP contribution >= 0.6 is 0 Å². The van der Waals surface area contributed by atoms with Gasteiger partial charge in [0.2, 0.25) is 0 Å². The van der Waals surface area contributed by atoms with Gasteiger partial charge >= 0.3 is 0 Å². The van der Waals surface area contributed by atoms with Crippen LogP contribution in [0.15, 0.2) is 36.7 Å². The van der Waals surface area contributed by atoms with Crippen molar-refractivity contribution in [3.8, 4) is 0 Å². The molecule has 1 amide bonds. The summed E-state index contributed by atoms with van der Waals surface area (Å²) < 4.78 is 0. The standard InChI is InChI=1S/C12H13N3O/c1-9-3-5-10(6-4-9)15(2)12(16)11-13-7-8-14-11/h3-8H,1-2H3,(H,13,14). The molecule has 0 fully saturated rings. The first kappa shape index (κ1) is 10.4. The maximum atomic E-state index is 11.9. The summed E-state index contributed by atoms with van der Waals surface area (Å²) in [5.74, 6) is 0.205. The van der Waals surface area contributed by atoms with Gasteiger partial charge in [0.05, 0.1) is 0 Å². The number of hydrogen-bond donors (Lipinski definition) is 1. The number of aromatic amines is 1. The molecule has 0 aliphatic rings. The molecule has 1 aromatic heterocycles. The number of carbonyl (C=O) groups excluding carboxylic acids is 1. The highest BCUT2D eigenvalue weighted by Crippen LogP contribution is 2.14. The lowest BCUT2D eigenvalue weighted by Gasteiger charge is -2.15. The molecule has 0 aliphatic carbocycles. The number of nitrogens with one attached hydrogen (secondary N) is 1. The van der Waals surface area contributed by atoms with E-state index in [2.05, 4.69) is 9.97 Å². The Bertz CT molecular complexity index is 473. The van der Waals surface area contributed by atoms with Crippen molar-refractivity contribution in [3.63, 3.8) is 0 Å². The fourth-order valence-electron chi connectivity index (χ4n) is 1.43. The lowest BCUT2D eigenvalue weighted by atomic mass is 10.2. The summed E-state index contributed by atoms with van der Waals surface area (Å²) in [6, 6.07) is 7.77. The number of imidazole rings is 1. The molecule has 1 aromatic carbocycles. The van der Waals surface area contributed by atoms with Gasteiger partial charge in [-0.05, 0) is 19.1 Å². The first-order chi connectivity index (χ1) is 7.68. The Hall–Kier alpha value is -2.10. The van der Waals surface area contributed by atoms with E-state index in [9.17, 15) is 4.79 Å².